The van der Waals surface area contributed by atoms with Gasteiger partial charge in [0.1, 0.15) is 0 Å². The Bertz CT molecular complexity index is 429. The van der Waals surface area contributed by atoms with Gasteiger partial charge in [0, 0.05) is 20.6 Å². The minimum atomic E-state index is -1.48. The SMILES string of the molecule is C#CCC(C/C=C/CCCCC(OC)OC)(C(=O)OC)C(=O)OC. The van der Waals surface area contributed by atoms with E-state index in [1.807, 2.05) is 6.08 Å². The van der Waals surface area contributed by atoms with Gasteiger partial charge in [0.15, 0.2) is 11.7 Å². The quantitative estimate of drug-likeness (QED) is 0.136. The van der Waals surface area contributed by atoms with Gasteiger partial charge < -0.3 is 18.9 Å². The summed E-state index contributed by atoms with van der Waals surface area (Å²) in [5.41, 5.74) is -1.48. The molecule has 0 bridgehead atoms. The molecule has 0 N–H and O–H groups in total. The van der Waals surface area contributed by atoms with Crippen LogP contribution in [0.3, 0.4) is 0 Å². The van der Waals surface area contributed by atoms with Crippen LogP contribution in [-0.4, -0.2) is 46.7 Å². The van der Waals surface area contributed by atoms with E-state index in [2.05, 4.69) is 5.92 Å². The van der Waals surface area contributed by atoms with E-state index in [9.17, 15) is 9.59 Å². The van der Waals surface area contributed by atoms with Gasteiger partial charge in [-0.1, -0.05) is 12.2 Å². The van der Waals surface area contributed by atoms with Gasteiger partial charge in [-0.2, -0.15) is 0 Å². The molecule has 0 saturated heterocycles. The van der Waals surface area contributed by atoms with Crippen molar-refractivity contribution in [2.24, 2.45) is 5.41 Å². The molecule has 0 radical (unpaired) electrons. The molecule has 24 heavy (non-hydrogen) atoms. The van der Waals surface area contributed by atoms with Crippen molar-refractivity contribution in [2.45, 2.75) is 44.8 Å². The number of ether oxygens (including phenoxy) is 4. The number of carbonyl (C=O) groups is 2. The highest BCUT2D eigenvalue weighted by molar-refractivity contribution is 6.00. The van der Waals surface area contributed by atoms with E-state index in [-0.39, 0.29) is 19.1 Å². The topological polar surface area (TPSA) is 71.1 Å². The second-order valence-corrected chi connectivity index (χ2v) is 5.31. The summed E-state index contributed by atoms with van der Waals surface area (Å²) in [6, 6.07) is 0. The summed E-state index contributed by atoms with van der Waals surface area (Å²) in [5, 5.41) is 0. The highest BCUT2D eigenvalue weighted by Crippen LogP contribution is 2.30. The number of esters is 2. The summed E-state index contributed by atoms with van der Waals surface area (Å²) >= 11 is 0. The molecule has 136 valence electrons. The first-order valence-corrected chi connectivity index (χ1v) is 7.83. The molecule has 0 aromatic rings. The lowest BCUT2D eigenvalue weighted by Crippen LogP contribution is -2.40. The zero-order valence-electron chi connectivity index (χ0n) is 15.0. The van der Waals surface area contributed by atoms with Crippen molar-refractivity contribution in [3.8, 4) is 12.3 Å². The monoisotopic (exact) mass is 340 g/mol. The third-order valence-electron chi connectivity index (χ3n) is 3.78. The highest BCUT2D eigenvalue weighted by Gasteiger charge is 2.46. The summed E-state index contributed by atoms with van der Waals surface area (Å²) in [4.78, 5) is 24.1. The number of terminal acetylenes is 1. The Morgan fingerprint density at radius 1 is 1.04 bits per heavy atom. The second-order valence-electron chi connectivity index (χ2n) is 5.31. The maximum atomic E-state index is 12.1. The Kier molecular flexibility index (Phi) is 11.6. The molecule has 0 aliphatic carbocycles. The molecule has 0 aliphatic rings. The maximum Gasteiger partial charge on any atom is 0.324 e. The Labute approximate surface area is 144 Å². The average molecular weight is 340 g/mol. The smallest absolute Gasteiger partial charge is 0.324 e. The molecule has 0 spiro atoms. The van der Waals surface area contributed by atoms with E-state index < -0.39 is 17.4 Å². The van der Waals surface area contributed by atoms with Crippen LogP contribution in [0.15, 0.2) is 12.2 Å². The molecular weight excluding hydrogens is 312 g/mol. The standard InChI is InChI=1S/C18H28O6/c1-6-13-18(16(19)23-4,17(20)24-5)14-11-9-7-8-10-12-15(21-2)22-3/h1,9,11,15H,7-8,10,12-14H2,2-5H3/b11-9+. The van der Waals surface area contributed by atoms with Gasteiger partial charge in [-0.15, -0.1) is 12.3 Å². The van der Waals surface area contributed by atoms with Crippen LogP contribution in [0, 0.1) is 17.8 Å². The molecule has 0 amide bonds. The molecule has 6 nitrogen and oxygen atoms in total. The molecule has 0 saturated carbocycles. The first kappa shape index (κ1) is 22.2. The van der Waals surface area contributed by atoms with Gasteiger partial charge in [0.05, 0.1) is 14.2 Å². The van der Waals surface area contributed by atoms with E-state index in [1.165, 1.54) is 14.2 Å². The van der Waals surface area contributed by atoms with E-state index in [0.29, 0.717) is 0 Å². The maximum absolute atomic E-state index is 12.1. The number of carbonyl (C=O) groups excluding carboxylic acids is 2. The third kappa shape index (κ3) is 6.73. The van der Waals surface area contributed by atoms with Crippen molar-refractivity contribution >= 4 is 11.9 Å². The molecule has 6 heteroatoms. The third-order valence-corrected chi connectivity index (χ3v) is 3.78. The number of hydrogen-bond acceptors (Lipinski definition) is 6. The summed E-state index contributed by atoms with van der Waals surface area (Å²) in [6.07, 6.45) is 12.4. The molecule has 0 rings (SSSR count). The number of methoxy groups -OCH3 is 4. The Balaban J connectivity index is 4.58. The van der Waals surface area contributed by atoms with Crippen LogP contribution in [0.2, 0.25) is 0 Å². The van der Waals surface area contributed by atoms with Crippen molar-refractivity contribution in [3.05, 3.63) is 12.2 Å². The first-order valence-electron chi connectivity index (χ1n) is 7.83. The van der Waals surface area contributed by atoms with Crippen molar-refractivity contribution < 1.29 is 28.5 Å². The molecule has 0 aromatic heterocycles. The zero-order valence-corrected chi connectivity index (χ0v) is 15.0. The fourth-order valence-electron chi connectivity index (χ4n) is 2.34. The number of unbranched alkanes of at least 4 members (excludes halogenated alkanes) is 2. The van der Waals surface area contributed by atoms with Gasteiger partial charge in [0.2, 0.25) is 0 Å². The molecule has 0 heterocycles. The van der Waals surface area contributed by atoms with Gasteiger partial charge in [0.25, 0.3) is 0 Å². The lowest BCUT2D eigenvalue weighted by molar-refractivity contribution is -0.168. The van der Waals surface area contributed by atoms with Crippen LogP contribution in [0.1, 0.15) is 38.5 Å². The van der Waals surface area contributed by atoms with Crippen LogP contribution in [0.4, 0.5) is 0 Å². The first-order chi connectivity index (χ1) is 11.5. The van der Waals surface area contributed by atoms with Crippen LogP contribution in [0.25, 0.3) is 0 Å². The molecule has 0 aromatic carbocycles. The van der Waals surface area contributed by atoms with Crippen molar-refractivity contribution in [3.63, 3.8) is 0 Å². The number of hydrogen-bond donors (Lipinski definition) is 0. The summed E-state index contributed by atoms with van der Waals surface area (Å²) in [6.45, 7) is 0. The van der Waals surface area contributed by atoms with E-state index in [0.717, 1.165) is 25.7 Å². The van der Waals surface area contributed by atoms with E-state index in [4.69, 9.17) is 25.4 Å². The molecular formula is C18H28O6. The number of rotatable bonds is 12. The Hall–Kier alpha value is -1.84. The zero-order chi connectivity index (χ0) is 18.4. The molecule has 0 unspecified atom stereocenters. The van der Waals surface area contributed by atoms with Gasteiger partial charge in [-0.05, 0) is 32.1 Å². The summed E-state index contributed by atoms with van der Waals surface area (Å²) < 4.78 is 19.7. The summed E-state index contributed by atoms with van der Waals surface area (Å²) in [7, 11) is 5.67. The summed E-state index contributed by atoms with van der Waals surface area (Å²) in [5.74, 6) is 1.00. The van der Waals surface area contributed by atoms with Gasteiger partial charge in [-0.3, -0.25) is 9.59 Å². The molecule has 0 atom stereocenters. The van der Waals surface area contributed by atoms with Crippen LogP contribution >= 0.6 is 0 Å². The predicted molar refractivity (Wildman–Crippen MR) is 89.9 cm³/mol. The minimum Gasteiger partial charge on any atom is -0.468 e. The fraction of sp³-hybridized carbons (Fsp3) is 0.667. The minimum absolute atomic E-state index is 0.0694. The Morgan fingerprint density at radius 2 is 1.62 bits per heavy atom. The second kappa shape index (κ2) is 12.6. The fourth-order valence-corrected chi connectivity index (χ4v) is 2.34. The van der Waals surface area contributed by atoms with E-state index in [1.54, 1.807) is 20.3 Å². The average Bonchev–Trinajstić information content (AvgIpc) is 2.61. The molecule has 0 fully saturated rings. The lowest BCUT2D eigenvalue weighted by atomic mass is 9.81. The van der Waals surface area contributed by atoms with Gasteiger partial charge >= 0.3 is 11.9 Å². The largest absolute Gasteiger partial charge is 0.468 e. The highest BCUT2D eigenvalue weighted by atomic mass is 16.7. The van der Waals surface area contributed by atoms with Crippen LogP contribution < -0.4 is 0 Å². The predicted octanol–water partition coefficient (Wildman–Crippen LogP) is 2.47. The van der Waals surface area contributed by atoms with Crippen molar-refractivity contribution in [1.82, 2.24) is 0 Å². The van der Waals surface area contributed by atoms with Gasteiger partial charge in [-0.25, -0.2) is 0 Å². The normalized spacial score (nSPS) is 11.5. The lowest BCUT2D eigenvalue weighted by Gasteiger charge is -2.24. The van der Waals surface area contributed by atoms with Crippen LogP contribution in [-0.2, 0) is 28.5 Å². The number of allylic oxidation sites excluding steroid dienone is 2. The van der Waals surface area contributed by atoms with E-state index >= 15 is 0 Å². The molecule has 0 aliphatic heterocycles. The van der Waals surface area contributed by atoms with Crippen LogP contribution in [0.5, 0.6) is 0 Å². The Morgan fingerprint density at radius 3 is 2.08 bits per heavy atom. The van der Waals surface area contributed by atoms with Crippen molar-refractivity contribution in [2.75, 3.05) is 28.4 Å². The van der Waals surface area contributed by atoms with Crippen molar-refractivity contribution in [1.29, 1.82) is 0 Å².